The molecule has 0 bridgehead atoms. The summed E-state index contributed by atoms with van der Waals surface area (Å²) in [5.74, 6) is -0.500. The highest BCUT2D eigenvalue weighted by molar-refractivity contribution is 5.85. The van der Waals surface area contributed by atoms with E-state index in [0.717, 1.165) is 38.8 Å². The first-order valence-corrected chi connectivity index (χ1v) is 8.58. The van der Waals surface area contributed by atoms with Gasteiger partial charge in [0.2, 0.25) is 5.95 Å². The first-order valence-electron chi connectivity index (χ1n) is 8.58. The van der Waals surface area contributed by atoms with Crippen LogP contribution in [0.1, 0.15) is 53.6 Å². The van der Waals surface area contributed by atoms with E-state index in [0.29, 0.717) is 12.0 Å². The molecule has 0 radical (unpaired) electrons. The largest absolute Gasteiger partial charge is 0.477 e. The van der Waals surface area contributed by atoms with Gasteiger partial charge in [-0.25, -0.2) is 19.7 Å². The normalized spacial score (nSPS) is 18.4. The summed E-state index contributed by atoms with van der Waals surface area (Å²) >= 11 is 0. The number of fused-ring (bicyclic) bond motifs is 1. The molecule has 1 aliphatic carbocycles. The fourth-order valence-corrected chi connectivity index (χ4v) is 3.77. The molecular weight excluding hydrogens is 306 g/mol. The number of imidazole rings is 1. The summed E-state index contributed by atoms with van der Waals surface area (Å²) in [4.78, 5) is 26.1. The van der Waals surface area contributed by atoms with Gasteiger partial charge in [-0.1, -0.05) is 0 Å². The van der Waals surface area contributed by atoms with Crippen LogP contribution in [-0.2, 0) is 12.8 Å². The molecule has 1 N–H and O–H groups in total. The minimum absolute atomic E-state index is 0.0470. The number of carboxylic acids is 1. The van der Waals surface area contributed by atoms with E-state index in [1.54, 1.807) is 0 Å². The third-order valence-electron chi connectivity index (χ3n) is 5.06. The van der Waals surface area contributed by atoms with Crippen LogP contribution in [0.5, 0.6) is 0 Å². The summed E-state index contributed by atoms with van der Waals surface area (Å²) in [7, 11) is 0. The second-order valence-electron chi connectivity index (χ2n) is 6.52. The number of hydrogen-bond donors (Lipinski definition) is 1. The monoisotopic (exact) mass is 327 g/mol. The van der Waals surface area contributed by atoms with Crippen molar-refractivity contribution in [2.24, 2.45) is 0 Å². The van der Waals surface area contributed by atoms with Gasteiger partial charge in [0.05, 0.1) is 12.0 Å². The molecule has 0 spiro atoms. The van der Waals surface area contributed by atoms with E-state index in [4.69, 9.17) is 5.11 Å². The SMILES string of the molecule is O=C(O)c1ccnc(N2CCC(n3cnc4c3CCCC4)CC2)n1. The van der Waals surface area contributed by atoms with Gasteiger partial charge in [0, 0.05) is 31.0 Å². The number of aromatic nitrogens is 4. The van der Waals surface area contributed by atoms with Crippen molar-refractivity contribution in [3.05, 3.63) is 35.7 Å². The summed E-state index contributed by atoms with van der Waals surface area (Å²) in [6, 6.07) is 1.90. The molecule has 1 fully saturated rings. The van der Waals surface area contributed by atoms with Crippen LogP contribution >= 0.6 is 0 Å². The predicted octanol–water partition coefficient (Wildman–Crippen LogP) is 2.09. The molecule has 2 aromatic rings. The maximum absolute atomic E-state index is 11.1. The standard InChI is InChI=1S/C17H21N5O2/c23-16(24)14-5-8-18-17(20-14)21-9-6-12(7-10-21)22-11-19-13-3-1-2-4-15(13)22/h5,8,11-12H,1-4,6-7,9-10H2,(H,23,24). The highest BCUT2D eigenvalue weighted by Gasteiger charge is 2.26. The van der Waals surface area contributed by atoms with Crippen LogP contribution in [0.4, 0.5) is 5.95 Å². The quantitative estimate of drug-likeness (QED) is 0.929. The highest BCUT2D eigenvalue weighted by atomic mass is 16.4. The van der Waals surface area contributed by atoms with E-state index < -0.39 is 5.97 Å². The maximum atomic E-state index is 11.1. The Bertz CT molecular complexity index is 749. The lowest BCUT2D eigenvalue weighted by atomic mass is 9.99. The Morgan fingerprint density at radius 3 is 2.75 bits per heavy atom. The maximum Gasteiger partial charge on any atom is 0.354 e. The Morgan fingerprint density at radius 1 is 1.17 bits per heavy atom. The predicted molar refractivity (Wildman–Crippen MR) is 88.3 cm³/mol. The number of rotatable bonds is 3. The van der Waals surface area contributed by atoms with Crippen molar-refractivity contribution in [1.82, 2.24) is 19.5 Å². The topological polar surface area (TPSA) is 84.1 Å². The molecule has 2 aromatic heterocycles. The Labute approximate surface area is 140 Å². The van der Waals surface area contributed by atoms with Gasteiger partial charge in [0.15, 0.2) is 5.69 Å². The van der Waals surface area contributed by atoms with Gasteiger partial charge in [-0.05, 0) is 44.6 Å². The second kappa shape index (κ2) is 6.22. The number of anilines is 1. The van der Waals surface area contributed by atoms with Crippen molar-refractivity contribution in [2.45, 2.75) is 44.6 Å². The number of piperidine rings is 1. The number of nitrogens with zero attached hydrogens (tertiary/aromatic N) is 5. The van der Waals surface area contributed by atoms with Gasteiger partial charge in [-0.3, -0.25) is 0 Å². The van der Waals surface area contributed by atoms with Crippen molar-refractivity contribution in [2.75, 3.05) is 18.0 Å². The zero-order valence-electron chi connectivity index (χ0n) is 13.6. The molecule has 0 atom stereocenters. The van der Waals surface area contributed by atoms with E-state index in [2.05, 4.69) is 24.4 Å². The van der Waals surface area contributed by atoms with Gasteiger partial charge in [0.25, 0.3) is 0 Å². The van der Waals surface area contributed by atoms with Crippen LogP contribution in [0.25, 0.3) is 0 Å². The average Bonchev–Trinajstić information content (AvgIpc) is 3.06. The lowest BCUT2D eigenvalue weighted by Gasteiger charge is -2.33. The molecule has 1 saturated heterocycles. The van der Waals surface area contributed by atoms with Gasteiger partial charge in [-0.15, -0.1) is 0 Å². The molecule has 0 amide bonds. The van der Waals surface area contributed by atoms with Crippen LogP contribution in [0.2, 0.25) is 0 Å². The molecule has 7 nitrogen and oxygen atoms in total. The molecule has 7 heteroatoms. The lowest BCUT2D eigenvalue weighted by molar-refractivity contribution is 0.0690. The van der Waals surface area contributed by atoms with Crippen molar-refractivity contribution >= 4 is 11.9 Å². The number of carbonyl (C=O) groups is 1. The van der Waals surface area contributed by atoms with Crippen LogP contribution in [0.15, 0.2) is 18.6 Å². The molecule has 3 heterocycles. The Hall–Kier alpha value is -2.44. The van der Waals surface area contributed by atoms with Crippen molar-refractivity contribution < 1.29 is 9.90 Å². The van der Waals surface area contributed by atoms with E-state index in [1.807, 2.05) is 6.33 Å². The van der Waals surface area contributed by atoms with Crippen molar-refractivity contribution in [1.29, 1.82) is 0 Å². The minimum atomic E-state index is -1.02. The fourth-order valence-electron chi connectivity index (χ4n) is 3.77. The zero-order chi connectivity index (χ0) is 16.5. The average molecular weight is 327 g/mol. The molecule has 4 rings (SSSR count). The Kier molecular flexibility index (Phi) is 3.92. The highest BCUT2D eigenvalue weighted by Crippen LogP contribution is 2.29. The van der Waals surface area contributed by atoms with Gasteiger partial charge >= 0.3 is 5.97 Å². The Balaban J connectivity index is 1.46. The van der Waals surface area contributed by atoms with Crippen LogP contribution in [-0.4, -0.2) is 43.7 Å². The molecule has 1 aliphatic heterocycles. The lowest BCUT2D eigenvalue weighted by Crippen LogP contribution is -2.36. The summed E-state index contributed by atoms with van der Waals surface area (Å²) in [5.41, 5.74) is 2.75. The smallest absolute Gasteiger partial charge is 0.354 e. The van der Waals surface area contributed by atoms with Gasteiger partial charge in [0.1, 0.15) is 0 Å². The molecule has 24 heavy (non-hydrogen) atoms. The van der Waals surface area contributed by atoms with E-state index >= 15 is 0 Å². The molecule has 0 saturated carbocycles. The number of carboxylic acid groups (broad SMARTS) is 1. The van der Waals surface area contributed by atoms with Crippen LogP contribution in [0.3, 0.4) is 0 Å². The number of hydrogen-bond acceptors (Lipinski definition) is 5. The summed E-state index contributed by atoms with van der Waals surface area (Å²) in [6.45, 7) is 1.67. The Morgan fingerprint density at radius 2 is 1.96 bits per heavy atom. The molecular formula is C17H21N5O2. The first kappa shape index (κ1) is 15.1. The van der Waals surface area contributed by atoms with Crippen molar-refractivity contribution in [3.8, 4) is 0 Å². The van der Waals surface area contributed by atoms with Gasteiger partial charge in [-0.2, -0.15) is 0 Å². The number of aromatic carboxylic acids is 1. The fraction of sp³-hybridized carbons (Fsp3) is 0.529. The summed E-state index contributed by atoms with van der Waals surface area (Å²) in [5, 5.41) is 9.07. The first-order chi connectivity index (χ1) is 11.7. The van der Waals surface area contributed by atoms with Crippen LogP contribution < -0.4 is 4.90 Å². The molecule has 2 aliphatic rings. The van der Waals surface area contributed by atoms with E-state index in [9.17, 15) is 4.79 Å². The molecule has 0 unspecified atom stereocenters. The van der Waals surface area contributed by atoms with Gasteiger partial charge < -0.3 is 14.6 Å². The minimum Gasteiger partial charge on any atom is -0.477 e. The summed E-state index contributed by atoms with van der Waals surface area (Å²) < 4.78 is 2.38. The molecule has 126 valence electrons. The van der Waals surface area contributed by atoms with E-state index in [1.165, 1.54) is 36.5 Å². The van der Waals surface area contributed by atoms with Crippen molar-refractivity contribution in [3.63, 3.8) is 0 Å². The van der Waals surface area contributed by atoms with Crippen LogP contribution in [0, 0.1) is 0 Å². The molecule has 0 aromatic carbocycles. The number of aryl methyl sites for hydroxylation is 1. The third-order valence-corrected chi connectivity index (χ3v) is 5.06. The zero-order valence-corrected chi connectivity index (χ0v) is 13.6. The third kappa shape index (κ3) is 2.74. The van der Waals surface area contributed by atoms with E-state index in [-0.39, 0.29) is 5.69 Å². The summed E-state index contributed by atoms with van der Waals surface area (Å²) in [6.07, 6.45) is 10.3. The second-order valence-corrected chi connectivity index (χ2v) is 6.52.